The maximum absolute atomic E-state index is 4.20. The molecule has 4 heteroatoms. The van der Waals surface area contributed by atoms with Crippen molar-refractivity contribution in [3.05, 3.63) is 39.8 Å². The fourth-order valence-electron chi connectivity index (χ4n) is 2.69. The van der Waals surface area contributed by atoms with Gasteiger partial charge in [0.2, 0.25) is 0 Å². The van der Waals surface area contributed by atoms with Crippen molar-refractivity contribution < 1.29 is 0 Å². The van der Waals surface area contributed by atoms with E-state index in [-0.39, 0.29) is 0 Å². The van der Waals surface area contributed by atoms with E-state index >= 15 is 0 Å². The number of rotatable bonds is 4. The monoisotopic (exact) mass is 261 g/mol. The highest BCUT2D eigenvalue weighted by atomic mass is 32.1. The van der Waals surface area contributed by atoms with E-state index < -0.39 is 0 Å². The van der Waals surface area contributed by atoms with Crippen LogP contribution in [0.2, 0.25) is 0 Å². The Hall–Kier alpha value is -1.13. The molecule has 2 aromatic heterocycles. The third-order valence-electron chi connectivity index (χ3n) is 3.61. The molecule has 1 N–H and O–H groups in total. The zero-order valence-corrected chi connectivity index (χ0v) is 11.5. The summed E-state index contributed by atoms with van der Waals surface area (Å²) in [5.74, 6) is 0. The number of hydrogen-bond donors (Lipinski definition) is 1. The van der Waals surface area contributed by atoms with Gasteiger partial charge < -0.3 is 5.32 Å². The summed E-state index contributed by atoms with van der Waals surface area (Å²) in [6.07, 6.45) is 8.98. The van der Waals surface area contributed by atoms with Gasteiger partial charge in [-0.25, -0.2) is 0 Å². The van der Waals surface area contributed by atoms with Crippen molar-refractivity contribution in [2.45, 2.75) is 31.7 Å². The average molecular weight is 261 g/mol. The first kappa shape index (κ1) is 11.9. The van der Waals surface area contributed by atoms with Gasteiger partial charge in [0.05, 0.1) is 6.20 Å². The van der Waals surface area contributed by atoms with Gasteiger partial charge in [-0.05, 0) is 54.8 Å². The Morgan fingerprint density at radius 3 is 3.33 bits per heavy atom. The minimum Gasteiger partial charge on any atom is -0.310 e. The summed E-state index contributed by atoms with van der Waals surface area (Å²) in [6, 6.07) is 2.86. The van der Waals surface area contributed by atoms with Gasteiger partial charge in [-0.1, -0.05) is 0 Å². The lowest BCUT2D eigenvalue weighted by molar-refractivity contribution is 0.467. The molecule has 3 rings (SSSR count). The molecule has 0 aromatic carbocycles. The molecule has 0 saturated heterocycles. The first-order valence-corrected chi connectivity index (χ1v) is 7.48. The second kappa shape index (κ2) is 5.24. The molecule has 2 aromatic rings. The van der Waals surface area contributed by atoms with Crippen LogP contribution in [0.25, 0.3) is 0 Å². The van der Waals surface area contributed by atoms with Gasteiger partial charge in [-0.2, -0.15) is 5.10 Å². The molecule has 2 heterocycles. The minimum absolute atomic E-state index is 0.566. The van der Waals surface area contributed by atoms with Crippen LogP contribution in [0.4, 0.5) is 0 Å². The summed E-state index contributed by atoms with van der Waals surface area (Å²) in [6.45, 7) is 1.03. The SMILES string of the molecule is Cn1cc(CCNC2CCCc3sccc32)cn1. The normalized spacial score (nSPS) is 18.8. The standard InChI is InChI=1S/C14H19N3S/c1-17-10-11(9-16-17)5-7-15-13-3-2-4-14-12(13)6-8-18-14/h6,8-10,13,15H,2-5,7H2,1H3. The number of fused-ring (bicyclic) bond motifs is 1. The molecule has 0 fully saturated rings. The lowest BCUT2D eigenvalue weighted by atomic mass is 9.94. The van der Waals surface area contributed by atoms with Gasteiger partial charge in [0.15, 0.2) is 0 Å². The van der Waals surface area contributed by atoms with E-state index in [2.05, 4.69) is 28.1 Å². The highest BCUT2D eigenvalue weighted by Gasteiger charge is 2.20. The molecule has 96 valence electrons. The largest absolute Gasteiger partial charge is 0.310 e. The van der Waals surface area contributed by atoms with Crippen molar-refractivity contribution in [2.75, 3.05) is 6.54 Å². The first-order chi connectivity index (χ1) is 8.83. The summed E-state index contributed by atoms with van der Waals surface area (Å²) in [7, 11) is 1.97. The minimum atomic E-state index is 0.566. The van der Waals surface area contributed by atoms with Crippen LogP contribution in [-0.4, -0.2) is 16.3 Å². The predicted octanol–water partition coefficient (Wildman–Crippen LogP) is 2.69. The van der Waals surface area contributed by atoms with E-state index in [1.807, 2.05) is 29.3 Å². The molecule has 0 aliphatic heterocycles. The summed E-state index contributed by atoms with van der Waals surface area (Å²) in [5, 5.41) is 10.1. The molecule has 0 radical (unpaired) electrons. The molecule has 18 heavy (non-hydrogen) atoms. The van der Waals surface area contributed by atoms with Crippen LogP contribution in [-0.2, 0) is 19.9 Å². The van der Waals surface area contributed by atoms with E-state index in [1.54, 1.807) is 4.88 Å². The van der Waals surface area contributed by atoms with Crippen molar-refractivity contribution in [1.29, 1.82) is 0 Å². The van der Waals surface area contributed by atoms with Gasteiger partial charge in [0.1, 0.15) is 0 Å². The van der Waals surface area contributed by atoms with Crippen molar-refractivity contribution in [3.63, 3.8) is 0 Å². The average Bonchev–Trinajstić information content (AvgIpc) is 2.98. The Labute approximate surface area is 112 Å². The number of nitrogens with one attached hydrogen (secondary N) is 1. The van der Waals surface area contributed by atoms with Gasteiger partial charge in [0.25, 0.3) is 0 Å². The van der Waals surface area contributed by atoms with Crippen molar-refractivity contribution in [2.24, 2.45) is 7.05 Å². The molecular formula is C14H19N3S. The van der Waals surface area contributed by atoms with Crippen LogP contribution >= 0.6 is 11.3 Å². The molecule has 0 amide bonds. The number of nitrogens with zero attached hydrogens (tertiary/aromatic N) is 2. The number of hydrogen-bond acceptors (Lipinski definition) is 3. The van der Waals surface area contributed by atoms with Crippen LogP contribution in [0.1, 0.15) is 34.9 Å². The molecule has 1 aliphatic carbocycles. The van der Waals surface area contributed by atoms with Crippen LogP contribution in [0.15, 0.2) is 23.8 Å². The lowest BCUT2D eigenvalue weighted by Gasteiger charge is -2.23. The Bertz CT molecular complexity index is 515. The van der Waals surface area contributed by atoms with Crippen molar-refractivity contribution >= 4 is 11.3 Å². The Balaban J connectivity index is 1.55. The van der Waals surface area contributed by atoms with Crippen LogP contribution < -0.4 is 5.32 Å². The predicted molar refractivity (Wildman–Crippen MR) is 74.9 cm³/mol. The maximum atomic E-state index is 4.20. The van der Waals surface area contributed by atoms with Crippen LogP contribution in [0.3, 0.4) is 0 Å². The molecule has 1 atom stereocenters. The van der Waals surface area contributed by atoms with Gasteiger partial charge in [-0.3, -0.25) is 4.68 Å². The number of aromatic nitrogens is 2. The molecule has 1 unspecified atom stereocenters. The molecule has 0 saturated carbocycles. The fourth-order valence-corrected chi connectivity index (χ4v) is 3.68. The van der Waals surface area contributed by atoms with Crippen LogP contribution in [0.5, 0.6) is 0 Å². The van der Waals surface area contributed by atoms with E-state index in [1.165, 1.54) is 30.4 Å². The zero-order valence-electron chi connectivity index (χ0n) is 10.7. The molecule has 1 aliphatic rings. The highest BCUT2D eigenvalue weighted by molar-refractivity contribution is 7.10. The molecule has 0 spiro atoms. The quantitative estimate of drug-likeness (QED) is 0.917. The third kappa shape index (κ3) is 2.49. The lowest BCUT2D eigenvalue weighted by Crippen LogP contribution is -2.26. The zero-order chi connectivity index (χ0) is 12.4. The second-order valence-electron chi connectivity index (χ2n) is 4.97. The van der Waals surface area contributed by atoms with E-state index in [0.717, 1.165) is 13.0 Å². The smallest absolute Gasteiger partial charge is 0.0522 e. The Morgan fingerprint density at radius 2 is 2.50 bits per heavy atom. The third-order valence-corrected chi connectivity index (χ3v) is 4.61. The maximum Gasteiger partial charge on any atom is 0.0522 e. The summed E-state index contributed by atoms with van der Waals surface area (Å²) in [5.41, 5.74) is 2.85. The van der Waals surface area contributed by atoms with Crippen molar-refractivity contribution in [1.82, 2.24) is 15.1 Å². The molecular weight excluding hydrogens is 242 g/mol. The number of aryl methyl sites for hydroxylation is 2. The molecule has 0 bridgehead atoms. The van der Waals surface area contributed by atoms with E-state index in [4.69, 9.17) is 0 Å². The summed E-state index contributed by atoms with van der Waals surface area (Å²) in [4.78, 5) is 1.58. The Morgan fingerprint density at radius 1 is 1.56 bits per heavy atom. The first-order valence-electron chi connectivity index (χ1n) is 6.60. The van der Waals surface area contributed by atoms with Crippen molar-refractivity contribution in [3.8, 4) is 0 Å². The van der Waals surface area contributed by atoms with Gasteiger partial charge in [-0.15, -0.1) is 11.3 Å². The van der Waals surface area contributed by atoms with E-state index in [0.29, 0.717) is 6.04 Å². The van der Waals surface area contributed by atoms with E-state index in [9.17, 15) is 0 Å². The highest BCUT2D eigenvalue weighted by Crippen LogP contribution is 2.33. The van der Waals surface area contributed by atoms with Gasteiger partial charge in [0, 0.05) is 24.2 Å². The fraction of sp³-hybridized carbons (Fsp3) is 0.500. The second-order valence-corrected chi connectivity index (χ2v) is 5.97. The van der Waals surface area contributed by atoms with Gasteiger partial charge >= 0.3 is 0 Å². The number of thiophene rings is 1. The molecule has 3 nitrogen and oxygen atoms in total. The summed E-state index contributed by atoms with van der Waals surface area (Å²) < 4.78 is 1.87. The summed E-state index contributed by atoms with van der Waals surface area (Å²) >= 11 is 1.91. The topological polar surface area (TPSA) is 29.9 Å². The Kier molecular flexibility index (Phi) is 3.48. The van der Waals surface area contributed by atoms with Crippen LogP contribution in [0, 0.1) is 0 Å².